The Balaban J connectivity index is 0.00000280. The van der Waals surface area contributed by atoms with Crippen molar-refractivity contribution in [3.8, 4) is 5.82 Å². The van der Waals surface area contributed by atoms with Crippen molar-refractivity contribution in [2.75, 3.05) is 0 Å². The molecular weight excluding hydrogens is 402 g/mol. The third kappa shape index (κ3) is 4.86. The molecule has 150 valence electrons. The number of hydrogen-bond donors (Lipinski definition) is 2. The minimum Gasteiger partial charge on any atom is -0.296 e. The van der Waals surface area contributed by atoms with Crippen LogP contribution in [0.4, 0.5) is 0 Å². The molecule has 0 aromatic carbocycles. The molecule has 8 nitrogen and oxygen atoms in total. The maximum Gasteiger partial charge on any atom is 0.276 e. The first-order chi connectivity index (χ1) is 12.9. The molecule has 0 aliphatic rings. The van der Waals surface area contributed by atoms with Crippen molar-refractivity contribution in [2.24, 2.45) is 5.14 Å². The van der Waals surface area contributed by atoms with Crippen molar-refractivity contribution in [1.82, 2.24) is 19.7 Å². The van der Waals surface area contributed by atoms with Crippen molar-refractivity contribution in [3.05, 3.63) is 70.0 Å². The molecule has 0 unspecified atom stereocenters. The monoisotopic (exact) mass is 423 g/mol. The molecule has 10 heteroatoms. The number of nitrogens with two attached hydrogens (primary N) is 1. The lowest BCUT2D eigenvalue weighted by atomic mass is 10.1. The number of pyridine rings is 2. The zero-order valence-electron chi connectivity index (χ0n) is 15.3. The zero-order chi connectivity index (χ0) is 19.4. The Morgan fingerprint density at radius 1 is 1.25 bits per heavy atom. The van der Waals surface area contributed by atoms with Gasteiger partial charge in [0.05, 0.1) is 5.69 Å². The fraction of sp³-hybridized carbons (Fsp3) is 0.278. The van der Waals surface area contributed by atoms with E-state index in [1.54, 1.807) is 18.6 Å². The predicted molar refractivity (Wildman–Crippen MR) is 108 cm³/mol. The van der Waals surface area contributed by atoms with Gasteiger partial charge >= 0.3 is 0 Å². The van der Waals surface area contributed by atoms with Crippen LogP contribution in [0.3, 0.4) is 0 Å². The number of rotatable bonds is 7. The van der Waals surface area contributed by atoms with Crippen molar-refractivity contribution in [2.45, 2.75) is 37.5 Å². The number of aromatic amines is 1. The number of aryl methyl sites for hydroxylation is 1. The second-order valence-electron chi connectivity index (χ2n) is 6.24. The Kier molecular flexibility index (Phi) is 7.11. The smallest absolute Gasteiger partial charge is 0.276 e. The summed E-state index contributed by atoms with van der Waals surface area (Å²) < 4.78 is 24.9. The highest BCUT2D eigenvalue weighted by atomic mass is 35.5. The quantitative estimate of drug-likeness (QED) is 0.601. The molecule has 3 aromatic rings. The van der Waals surface area contributed by atoms with Gasteiger partial charge < -0.3 is 0 Å². The molecule has 0 spiro atoms. The van der Waals surface area contributed by atoms with Gasteiger partial charge in [0.1, 0.15) is 4.90 Å². The lowest BCUT2D eigenvalue weighted by molar-refractivity contribution is 0.594. The van der Waals surface area contributed by atoms with Crippen LogP contribution in [0.25, 0.3) is 5.82 Å². The highest BCUT2D eigenvalue weighted by Gasteiger charge is 2.17. The number of unbranched alkanes of at least 4 members (excludes halogenated alkanes) is 1. The number of nitrogens with zero attached hydrogens (tertiary/aromatic N) is 3. The average molecular weight is 424 g/mol. The molecule has 0 aliphatic heterocycles. The number of halogens is 1. The molecule has 3 N–H and O–H groups in total. The second kappa shape index (κ2) is 9.13. The number of nitrogens with one attached hydrogen (secondary N) is 1. The Bertz CT molecular complexity index is 1090. The minimum atomic E-state index is -3.88. The Labute approximate surface area is 169 Å². The van der Waals surface area contributed by atoms with Crippen LogP contribution in [0, 0.1) is 0 Å². The SMILES string of the molecule is CCCCc1nc(-n2[nH]cc(Cc3cccnc3)c2=O)ccc1S(N)(=O)=O.Cl. The zero-order valence-corrected chi connectivity index (χ0v) is 17.0. The molecule has 0 amide bonds. The van der Waals surface area contributed by atoms with Gasteiger partial charge in [0.15, 0.2) is 5.82 Å². The summed E-state index contributed by atoms with van der Waals surface area (Å²) >= 11 is 0. The summed E-state index contributed by atoms with van der Waals surface area (Å²) in [4.78, 5) is 21.1. The van der Waals surface area contributed by atoms with Crippen LogP contribution >= 0.6 is 12.4 Å². The van der Waals surface area contributed by atoms with E-state index in [4.69, 9.17) is 5.14 Å². The largest absolute Gasteiger partial charge is 0.296 e. The third-order valence-electron chi connectivity index (χ3n) is 4.18. The minimum absolute atomic E-state index is 0. The number of sulfonamides is 1. The maximum absolute atomic E-state index is 12.7. The molecular formula is C18H22ClN5O3S. The normalized spacial score (nSPS) is 11.2. The van der Waals surface area contributed by atoms with Gasteiger partial charge in [-0.2, -0.15) is 0 Å². The fourth-order valence-corrected chi connectivity index (χ4v) is 3.54. The van der Waals surface area contributed by atoms with E-state index in [2.05, 4.69) is 15.1 Å². The molecule has 0 saturated carbocycles. The summed E-state index contributed by atoms with van der Waals surface area (Å²) in [5.74, 6) is 0.330. The van der Waals surface area contributed by atoms with Gasteiger partial charge in [-0.05, 0) is 36.6 Å². The van der Waals surface area contributed by atoms with Gasteiger partial charge in [-0.1, -0.05) is 19.4 Å². The van der Waals surface area contributed by atoms with Gasteiger partial charge in [-0.15, -0.1) is 12.4 Å². The summed E-state index contributed by atoms with van der Waals surface area (Å²) in [5.41, 5.74) is 1.61. The number of H-pyrrole nitrogens is 1. The van der Waals surface area contributed by atoms with Crippen molar-refractivity contribution in [3.63, 3.8) is 0 Å². The summed E-state index contributed by atoms with van der Waals surface area (Å²) in [5, 5.41) is 8.18. The van der Waals surface area contributed by atoms with E-state index in [1.807, 2.05) is 19.1 Å². The van der Waals surface area contributed by atoms with Gasteiger partial charge in [0.2, 0.25) is 10.0 Å². The van der Waals surface area contributed by atoms with Crippen LogP contribution < -0.4 is 10.7 Å². The van der Waals surface area contributed by atoms with Crippen molar-refractivity contribution >= 4 is 22.4 Å². The topological polar surface area (TPSA) is 124 Å². The molecule has 0 radical (unpaired) electrons. The lowest BCUT2D eigenvalue weighted by Gasteiger charge is -2.09. The van der Waals surface area contributed by atoms with E-state index in [0.717, 1.165) is 18.4 Å². The van der Waals surface area contributed by atoms with E-state index in [1.165, 1.54) is 16.8 Å². The summed E-state index contributed by atoms with van der Waals surface area (Å²) in [7, 11) is -3.88. The highest BCUT2D eigenvalue weighted by Crippen LogP contribution is 2.17. The molecule has 28 heavy (non-hydrogen) atoms. The van der Waals surface area contributed by atoms with Crippen LogP contribution in [0.15, 0.2) is 52.5 Å². The van der Waals surface area contributed by atoms with Crippen molar-refractivity contribution in [1.29, 1.82) is 0 Å². The van der Waals surface area contributed by atoms with Crippen LogP contribution in [0.5, 0.6) is 0 Å². The number of aromatic nitrogens is 4. The summed E-state index contributed by atoms with van der Waals surface area (Å²) in [6.07, 6.45) is 7.56. The van der Waals surface area contributed by atoms with Gasteiger partial charge in [-0.3, -0.25) is 14.9 Å². The molecule has 0 atom stereocenters. The molecule has 3 heterocycles. The van der Waals surface area contributed by atoms with Gasteiger partial charge in [0.25, 0.3) is 5.56 Å². The Morgan fingerprint density at radius 2 is 2.04 bits per heavy atom. The first-order valence-electron chi connectivity index (χ1n) is 8.61. The number of hydrogen-bond acceptors (Lipinski definition) is 5. The molecule has 3 rings (SSSR count). The van der Waals surface area contributed by atoms with Crippen molar-refractivity contribution < 1.29 is 8.42 Å². The Morgan fingerprint density at radius 3 is 2.68 bits per heavy atom. The molecule has 0 saturated heterocycles. The van der Waals surface area contributed by atoms with Crippen LogP contribution in [0.2, 0.25) is 0 Å². The molecule has 0 fully saturated rings. The summed E-state index contributed by atoms with van der Waals surface area (Å²) in [6, 6.07) is 6.58. The standard InChI is InChI=1S/C18H21N5O3S.ClH/c1-2-3-6-15-16(27(19,25)26)7-8-17(22-15)23-18(24)14(12-21-23)10-13-5-4-9-20-11-13;/h4-5,7-9,11-12,21H,2-3,6,10H2,1H3,(H2,19,25,26);1H. The first-order valence-corrected chi connectivity index (χ1v) is 10.2. The number of primary sulfonamides is 1. The van der Waals surface area contributed by atoms with Crippen LogP contribution in [-0.4, -0.2) is 28.2 Å². The summed E-state index contributed by atoms with van der Waals surface area (Å²) in [6.45, 7) is 2.00. The molecule has 3 aromatic heterocycles. The van der Waals surface area contributed by atoms with E-state index in [9.17, 15) is 13.2 Å². The Hall–Kier alpha value is -2.49. The average Bonchev–Trinajstić information content (AvgIpc) is 3.00. The maximum atomic E-state index is 12.7. The van der Waals surface area contributed by atoms with E-state index < -0.39 is 10.0 Å². The molecule has 0 bridgehead atoms. The lowest BCUT2D eigenvalue weighted by Crippen LogP contribution is -2.21. The van der Waals surface area contributed by atoms with E-state index in [0.29, 0.717) is 29.9 Å². The fourth-order valence-electron chi connectivity index (χ4n) is 2.81. The van der Waals surface area contributed by atoms with Crippen LogP contribution in [0.1, 0.15) is 36.6 Å². The predicted octanol–water partition coefficient (Wildman–Crippen LogP) is 1.96. The highest BCUT2D eigenvalue weighted by molar-refractivity contribution is 7.89. The first kappa shape index (κ1) is 21.8. The van der Waals surface area contributed by atoms with E-state index in [-0.39, 0.29) is 22.9 Å². The van der Waals surface area contributed by atoms with Gasteiger partial charge in [-0.25, -0.2) is 23.2 Å². The second-order valence-corrected chi connectivity index (χ2v) is 7.77. The molecule has 0 aliphatic carbocycles. The van der Waals surface area contributed by atoms with Crippen LogP contribution in [-0.2, 0) is 22.9 Å². The van der Waals surface area contributed by atoms with Gasteiger partial charge in [0, 0.05) is 30.6 Å². The third-order valence-corrected chi connectivity index (χ3v) is 5.17. The van der Waals surface area contributed by atoms with E-state index >= 15 is 0 Å².